The van der Waals surface area contributed by atoms with Gasteiger partial charge in [-0.2, -0.15) is 5.10 Å². The third-order valence-corrected chi connectivity index (χ3v) is 4.72. The molecule has 142 valence electrons. The molecule has 3 aromatic rings. The van der Waals surface area contributed by atoms with E-state index in [1.807, 2.05) is 0 Å². The summed E-state index contributed by atoms with van der Waals surface area (Å²) < 4.78 is 0.971. The molecule has 1 aliphatic heterocycles. The lowest BCUT2D eigenvalue weighted by Crippen LogP contribution is -2.33. The molecule has 0 bridgehead atoms. The maximum atomic E-state index is 12.4. The number of rotatable bonds is 3. The number of hydrogen-bond acceptors (Lipinski definition) is 6. The van der Waals surface area contributed by atoms with E-state index in [0.29, 0.717) is 22.8 Å². The van der Waals surface area contributed by atoms with Crippen molar-refractivity contribution in [3.63, 3.8) is 0 Å². The van der Waals surface area contributed by atoms with Gasteiger partial charge in [0.1, 0.15) is 11.3 Å². The van der Waals surface area contributed by atoms with Crippen molar-refractivity contribution in [3.05, 3.63) is 85.5 Å². The summed E-state index contributed by atoms with van der Waals surface area (Å²) in [6.07, 6.45) is 0.315. The molecule has 2 aromatic carbocycles. The van der Waals surface area contributed by atoms with E-state index < -0.39 is 17.1 Å². The SMILES string of the molecule is O=c1[nH]c(=O)n(-c2cccc(Cl)c2)c(O)c1C1=NNC(c2ccc(O)cc2)C1. The van der Waals surface area contributed by atoms with E-state index in [4.69, 9.17) is 11.6 Å². The van der Waals surface area contributed by atoms with Crippen molar-refractivity contribution < 1.29 is 10.2 Å². The zero-order valence-corrected chi connectivity index (χ0v) is 15.1. The van der Waals surface area contributed by atoms with Crippen LogP contribution in [0.2, 0.25) is 5.02 Å². The van der Waals surface area contributed by atoms with Crippen LogP contribution in [0.3, 0.4) is 0 Å². The van der Waals surface area contributed by atoms with E-state index >= 15 is 0 Å². The van der Waals surface area contributed by atoms with Gasteiger partial charge in [-0.1, -0.05) is 29.8 Å². The lowest BCUT2D eigenvalue weighted by molar-refractivity contribution is 0.429. The molecule has 1 aromatic heterocycles. The summed E-state index contributed by atoms with van der Waals surface area (Å²) in [7, 11) is 0. The lowest BCUT2D eigenvalue weighted by atomic mass is 10.00. The highest BCUT2D eigenvalue weighted by molar-refractivity contribution is 6.30. The van der Waals surface area contributed by atoms with Crippen molar-refractivity contribution in [2.45, 2.75) is 12.5 Å². The minimum absolute atomic E-state index is 0.0895. The number of aromatic hydroxyl groups is 2. The Morgan fingerprint density at radius 1 is 1.11 bits per heavy atom. The smallest absolute Gasteiger partial charge is 0.335 e. The topological polar surface area (TPSA) is 120 Å². The highest BCUT2D eigenvalue weighted by Crippen LogP contribution is 2.28. The molecule has 28 heavy (non-hydrogen) atoms. The molecule has 1 aliphatic rings. The van der Waals surface area contributed by atoms with Crippen LogP contribution < -0.4 is 16.7 Å². The summed E-state index contributed by atoms with van der Waals surface area (Å²) in [4.78, 5) is 26.9. The van der Waals surface area contributed by atoms with Crippen molar-refractivity contribution in [1.82, 2.24) is 15.0 Å². The van der Waals surface area contributed by atoms with Gasteiger partial charge in [-0.3, -0.25) is 9.78 Å². The summed E-state index contributed by atoms with van der Waals surface area (Å²) in [5.41, 5.74) is 2.80. The van der Waals surface area contributed by atoms with Crippen LogP contribution >= 0.6 is 11.6 Å². The second-order valence-corrected chi connectivity index (χ2v) is 6.75. The number of aromatic amines is 1. The zero-order chi connectivity index (χ0) is 19.8. The summed E-state index contributed by atoms with van der Waals surface area (Å²) >= 11 is 5.98. The first-order valence-corrected chi connectivity index (χ1v) is 8.77. The largest absolute Gasteiger partial charge is 0.508 e. The van der Waals surface area contributed by atoms with Gasteiger partial charge in [-0.05, 0) is 35.9 Å². The summed E-state index contributed by atoms with van der Waals surface area (Å²) in [5, 5.41) is 24.7. The Morgan fingerprint density at radius 2 is 1.86 bits per heavy atom. The zero-order valence-electron chi connectivity index (χ0n) is 14.4. The molecule has 0 spiro atoms. The monoisotopic (exact) mass is 398 g/mol. The molecule has 9 heteroatoms. The molecule has 0 amide bonds. The number of halogens is 1. The molecule has 8 nitrogen and oxygen atoms in total. The molecule has 4 rings (SSSR count). The van der Waals surface area contributed by atoms with E-state index in [-0.39, 0.29) is 17.4 Å². The Bertz CT molecular complexity index is 1200. The van der Waals surface area contributed by atoms with Crippen molar-refractivity contribution in [2.75, 3.05) is 0 Å². The molecule has 0 aliphatic carbocycles. The van der Waals surface area contributed by atoms with Crippen LogP contribution in [-0.2, 0) is 0 Å². The molecule has 0 radical (unpaired) electrons. The average molecular weight is 399 g/mol. The predicted molar refractivity (Wildman–Crippen MR) is 104 cm³/mol. The second kappa shape index (κ2) is 6.90. The fraction of sp³-hybridized carbons (Fsp3) is 0.105. The molecular formula is C19H15ClN4O4. The fourth-order valence-electron chi connectivity index (χ4n) is 3.14. The Labute approximate surface area is 163 Å². The number of phenolic OH excluding ortho intramolecular Hbond substituents is 1. The third kappa shape index (κ3) is 3.14. The van der Waals surface area contributed by atoms with Gasteiger partial charge in [-0.25, -0.2) is 9.36 Å². The van der Waals surface area contributed by atoms with Crippen molar-refractivity contribution in [2.24, 2.45) is 5.10 Å². The number of nitrogens with one attached hydrogen (secondary N) is 2. The number of phenols is 1. The number of hydrogen-bond donors (Lipinski definition) is 4. The lowest BCUT2D eigenvalue weighted by Gasteiger charge is -2.12. The van der Waals surface area contributed by atoms with Gasteiger partial charge in [0.05, 0.1) is 17.4 Å². The van der Waals surface area contributed by atoms with Gasteiger partial charge in [-0.15, -0.1) is 0 Å². The second-order valence-electron chi connectivity index (χ2n) is 6.31. The molecule has 0 fully saturated rings. The van der Waals surface area contributed by atoms with Crippen LogP contribution in [0.1, 0.15) is 23.6 Å². The van der Waals surface area contributed by atoms with Gasteiger partial charge in [0.2, 0.25) is 5.88 Å². The summed E-state index contributed by atoms with van der Waals surface area (Å²) in [6, 6.07) is 12.7. The van der Waals surface area contributed by atoms with Crippen LogP contribution in [0.25, 0.3) is 5.69 Å². The molecular weight excluding hydrogens is 384 g/mol. The van der Waals surface area contributed by atoms with Gasteiger partial charge >= 0.3 is 5.69 Å². The van der Waals surface area contributed by atoms with E-state index in [2.05, 4.69) is 15.5 Å². The van der Waals surface area contributed by atoms with E-state index in [1.54, 1.807) is 42.5 Å². The van der Waals surface area contributed by atoms with Crippen LogP contribution in [-0.4, -0.2) is 25.5 Å². The van der Waals surface area contributed by atoms with Gasteiger partial charge in [0, 0.05) is 11.4 Å². The number of aromatic nitrogens is 2. The summed E-state index contributed by atoms with van der Waals surface area (Å²) in [6.45, 7) is 0. The quantitative estimate of drug-likeness (QED) is 0.538. The standard InChI is InChI=1S/C19H15ClN4O4/c20-11-2-1-3-12(8-11)24-18(27)16(17(26)21-19(24)28)15-9-14(22-23-15)10-4-6-13(25)7-5-10/h1-8,14,22,25,27H,9H2,(H,21,26,28). The Morgan fingerprint density at radius 3 is 2.57 bits per heavy atom. The highest BCUT2D eigenvalue weighted by atomic mass is 35.5. The van der Waals surface area contributed by atoms with Crippen molar-refractivity contribution in [1.29, 1.82) is 0 Å². The third-order valence-electron chi connectivity index (χ3n) is 4.49. The maximum Gasteiger partial charge on any atom is 0.335 e. The normalized spacial score (nSPS) is 15.9. The molecule has 0 saturated carbocycles. The first-order chi connectivity index (χ1) is 13.4. The number of hydrazone groups is 1. The minimum Gasteiger partial charge on any atom is -0.508 e. The first-order valence-electron chi connectivity index (χ1n) is 8.39. The van der Waals surface area contributed by atoms with Crippen molar-refractivity contribution in [3.8, 4) is 17.3 Å². The first kappa shape index (κ1) is 17.9. The van der Waals surface area contributed by atoms with Crippen molar-refractivity contribution >= 4 is 17.3 Å². The Kier molecular flexibility index (Phi) is 4.40. The van der Waals surface area contributed by atoms with Gasteiger partial charge in [0.25, 0.3) is 5.56 Å². The van der Waals surface area contributed by atoms with Crippen LogP contribution in [0.4, 0.5) is 0 Å². The van der Waals surface area contributed by atoms with E-state index in [9.17, 15) is 19.8 Å². The predicted octanol–water partition coefficient (Wildman–Crippen LogP) is 2.03. The number of benzene rings is 2. The van der Waals surface area contributed by atoms with Gasteiger partial charge < -0.3 is 15.6 Å². The summed E-state index contributed by atoms with van der Waals surface area (Å²) in [5.74, 6) is -0.367. The van der Waals surface area contributed by atoms with Crippen LogP contribution in [0, 0.1) is 0 Å². The average Bonchev–Trinajstić information content (AvgIpc) is 3.11. The van der Waals surface area contributed by atoms with Crippen LogP contribution in [0.5, 0.6) is 11.6 Å². The highest BCUT2D eigenvalue weighted by Gasteiger charge is 2.27. The molecule has 2 heterocycles. The van der Waals surface area contributed by atoms with Crippen LogP contribution in [0.15, 0.2) is 63.2 Å². The van der Waals surface area contributed by atoms with Gasteiger partial charge in [0.15, 0.2) is 0 Å². The Balaban J connectivity index is 1.75. The fourth-order valence-corrected chi connectivity index (χ4v) is 3.32. The minimum atomic E-state index is -0.782. The van der Waals surface area contributed by atoms with E-state index in [1.165, 1.54) is 6.07 Å². The maximum absolute atomic E-state index is 12.4. The number of nitrogens with zero attached hydrogens (tertiary/aromatic N) is 2. The molecule has 1 unspecified atom stereocenters. The Hall–Kier alpha value is -3.52. The van der Waals surface area contributed by atoms with E-state index in [0.717, 1.165) is 10.1 Å². The molecule has 4 N–H and O–H groups in total. The molecule has 0 saturated heterocycles. The molecule has 1 atom stereocenters. The number of H-pyrrole nitrogens is 1.